The van der Waals surface area contributed by atoms with Gasteiger partial charge < -0.3 is 10.6 Å². The van der Waals surface area contributed by atoms with Crippen LogP contribution in [0.4, 0.5) is 0 Å². The zero-order chi connectivity index (χ0) is 11.5. The van der Waals surface area contributed by atoms with Crippen LogP contribution in [0.25, 0.3) is 0 Å². The predicted molar refractivity (Wildman–Crippen MR) is 75.8 cm³/mol. The molecule has 0 amide bonds. The molecule has 1 atom stereocenters. The Kier molecular flexibility index (Phi) is 6.56. The Morgan fingerprint density at radius 1 is 1.56 bits per heavy atom. The first kappa shape index (κ1) is 15.9. The fourth-order valence-corrected chi connectivity index (χ4v) is 1.87. The van der Waals surface area contributed by atoms with Crippen LogP contribution in [-0.4, -0.2) is 57.7 Å². The van der Waals surface area contributed by atoms with Crippen LogP contribution in [0.3, 0.4) is 0 Å². The molecule has 0 aromatic carbocycles. The molecule has 6 nitrogen and oxygen atoms in total. The summed E-state index contributed by atoms with van der Waals surface area (Å²) in [7, 11) is -0.0544. The Bertz CT molecular complexity index is 342. The van der Waals surface area contributed by atoms with Crippen molar-refractivity contribution in [2.75, 3.05) is 32.9 Å². The molecule has 1 rings (SSSR count). The van der Waals surface area contributed by atoms with Crippen LogP contribution >= 0.6 is 24.0 Å². The molecule has 1 aliphatic heterocycles. The van der Waals surface area contributed by atoms with E-state index in [0.717, 1.165) is 6.54 Å². The van der Waals surface area contributed by atoms with Crippen LogP contribution in [0.5, 0.6) is 0 Å². The van der Waals surface area contributed by atoms with Gasteiger partial charge in [-0.1, -0.05) is 0 Å². The number of hydrogen-bond donors (Lipinski definition) is 2. The van der Waals surface area contributed by atoms with Crippen LogP contribution in [-0.2, 0) is 10.0 Å². The highest BCUT2D eigenvalue weighted by molar-refractivity contribution is 14.0. The minimum atomic E-state index is -3.12. The largest absolute Gasteiger partial charge is 0.355 e. The molecule has 2 N–H and O–H groups in total. The Morgan fingerprint density at radius 2 is 2.19 bits per heavy atom. The number of aliphatic imine (C=N–C) groups is 1. The topological polar surface area (TPSA) is 73.8 Å². The molecule has 0 saturated heterocycles. The monoisotopic (exact) mass is 362 g/mol. The Labute approximate surface area is 114 Å². The van der Waals surface area contributed by atoms with E-state index in [9.17, 15) is 8.42 Å². The van der Waals surface area contributed by atoms with Crippen LogP contribution in [0.1, 0.15) is 6.92 Å². The second kappa shape index (κ2) is 6.60. The number of halogens is 1. The van der Waals surface area contributed by atoms with Gasteiger partial charge in [0, 0.05) is 26.7 Å². The molecule has 0 spiro atoms. The lowest BCUT2D eigenvalue weighted by Crippen LogP contribution is -2.40. The second-order valence-corrected chi connectivity index (χ2v) is 6.06. The van der Waals surface area contributed by atoms with E-state index in [1.165, 1.54) is 18.4 Å². The van der Waals surface area contributed by atoms with Crippen LogP contribution in [0.2, 0.25) is 0 Å². The lowest BCUT2D eigenvalue weighted by Gasteiger charge is -2.12. The number of sulfonamides is 1. The van der Waals surface area contributed by atoms with Crippen molar-refractivity contribution in [2.45, 2.75) is 13.0 Å². The molecule has 0 aliphatic carbocycles. The standard InChI is InChI=1S/C8H18N4O2S.HI/c1-7-6-10-8(11-7)9-4-5-15(13,14)12(2)3;/h7H,4-6H2,1-3H3,(H2,9,10,11);1H. The highest BCUT2D eigenvalue weighted by Crippen LogP contribution is 1.94. The highest BCUT2D eigenvalue weighted by Gasteiger charge is 2.15. The molecule has 16 heavy (non-hydrogen) atoms. The molecule has 96 valence electrons. The van der Waals surface area contributed by atoms with Gasteiger partial charge in [-0.3, -0.25) is 4.99 Å². The van der Waals surface area contributed by atoms with Crippen molar-refractivity contribution >= 4 is 40.0 Å². The molecule has 0 saturated carbocycles. The molecule has 1 heterocycles. The molecule has 1 aliphatic rings. The van der Waals surface area contributed by atoms with Gasteiger partial charge in [0.1, 0.15) is 0 Å². The van der Waals surface area contributed by atoms with E-state index in [1.54, 1.807) is 0 Å². The molecular formula is C8H19IN4O2S. The number of rotatable bonds is 4. The van der Waals surface area contributed by atoms with Gasteiger partial charge in [0.15, 0.2) is 5.96 Å². The lowest BCUT2D eigenvalue weighted by atomic mass is 10.4. The first-order valence-electron chi connectivity index (χ1n) is 4.87. The molecule has 0 fully saturated rings. The lowest BCUT2D eigenvalue weighted by molar-refractivity contribution is 0.520. The fraction of sp³-hybridized carbons (Fsp3) is 0.875. The average molecular weight is 362 g/mol. The second-order valence-electron chi connectivity index (χ2n) is 3.76. The summed E-state index contributed by atoms with van der Waals surface area (Å²) in [4.78, 5) is 4.17. The van der Waals surface area contributed by atoms with Gasteiger partial charge in [-0.25, -0.2) is 12.7 Å². The molecule has 1 unspecified atom stereocenters. The number of guanidine groups is 1. The summed E-state index contributed by atoms with van der Waals surface area (Å²) in [5.41, 5.74) is 0. The van der Waals surface area contributed by atoms with Crippen molar-refractivity contribution < 1.29 is 8.42 Å². The van der Waals surface area contributed by atoms with Crippen LogP contribution < -0.4 is 10.6 Å². The van der Waals surface area contributed by atoms with Gasteiger partial charge >= 0.3 is 0 Å². The van der Waals surface area contributed by atoms with Gasteiger partial charge in [-0.15, -0.1) is 24.0 Å². The number of nitrogens with one attached hydrogen (secondary N) is 2. The SMILES string of the molecule is CC1CN=C(NCCS(=O)(=O)N(C)C)N1.I. The van der Waals surface area contributed by atoms with E-state index >= 15 is 0 Å². The van der Waals surface area contributed by atoms with Crippen molar-refractivity contribution in [1.29, 1.82) is 0 Å². The highest BCUT2D eigenvalue weighted by atomic mass is 127. The average Bonchev–Trinajstić information content (AvgIpc) is 2.51. The minimum Gasteiger partial charge on any atom is -0.355 e. The Morgan fingerprint density at radius 3 is 2.62 bits per heavy atom. The van der Waals surface area contributed by atoms with E-state index in [1.807, 2.05) is 6.92 Å². The van der Waals surface area contributed by atoms with Crippen LogP contribution in [0, 0.1) is 0 Å². The molecule has 0 aromatic heterocycles. The fourth-order valence-electron chi connectivity index (χ4n) is 1.14. The van der Waals surface area contributed by atoms with Gasteiger partial charge in [0.25, 0.3) is 0 Å². The first-order chi connectivity index (χ1) is 6.92. The van der Waals surface area contributed by atoms with Gasteiger partial charge in [-0.2, -0.15) is 0 Å². The minimum absolute atomic E-state index is 0. The molecular weight excluding hydrogens is 343 g/mol. The quantitative estimate of drug-likeness (QED) is 0.658. The normalized spacial score (nSPS) is 20.0. The zero-order valence-corrected chi connectivity index (χ0v) is 12.9. The smallest absolute Gasteiger partial charge is 0.215 e. The van der Waals surface area contributed by atoms with E-state index in [0.29, 0.717) is 18.5 Å². The number of hydrogen-bond acceptors (Lipinski definition) is 5. The Hall–Kier alpha value is -0.0900. The summed E-state index contributed by atoms with van der Waals surface area (Å²) in [6.45, 7) is 3.14. The maximum atomic E-state index is 11.4. The van der Waals surface area contributed by atoms with Crippen LogP contribution in [0.15, 0.2) is 4.99 Å². The summed E-state index contributed by atoms with van der Waals surface area (Å²) in [6, 6.07) is 0.331. The zero-order valence-electron chi connectivity index (χ0n) is 9.73. The first-order valence-corrected chi connectivity index (χ1v) is 6.48. The van der Waals surface area contributed by atoms with E-state index in [-0.39, 0.29) is 29.7 Å². The number of nitrogens with zero attached hydrogens (tertiary/aromatic N) is 2. The third-order valence-corrected chi connectivity index (χ3v) is 3.95. The van der Waals surface area contributed by atoms with Gasteiger partial charge in [0.2, 0.25) is 10.0 Å². The van der Waals surface area contributed by atoms with Crippen molar-refractivity contribution in [3.8, 4) is 0 Å². The third-order valence-electron chi connectivity index (χ3n) is 2.12. The predicted octanol–water partition coefficient (Wildman–Crippen LogP) is -0.567. The summed E-state index contributed by atoms with van der Waals surface area (Å²) < 4.78 is 24.0. The molecule has 0 radical (unpaired) electrons. The summed E-state index contributed by atoms with van der Waals surface area (Å²) in [6.07, 6.45) is 0. The summed E-state index contributed by atoms with van der Waals surface area (Å²) in [5.74, 6) is 0.770. The van der Waals surface area contributed by atoms with E-state index in [4.69, 9.17) is 0 Å². The molecule has 8 heteroatoms. The maximum absolute atomic E-state index is 11.4. The van der Waals surface area contributed by atoms with Gasteiger partial charge in [-0.05, 0) is 6.92 Å². The van der Waals surface area contributed by atoms with E-state index in [2.05, 4.69) is 15.6 Å². The Balaban J connectivity index is 0.00000225. The van der Waals surface area contributed by atoms with Crippen molar-refractivity contribution in [3.05, 3.63) is 0 Å². The van der Waals surface area contributed by atoms with Gasteiger partial charge in [0.05, 0.1) is 12.3 Å². The van der Waals surface area contributed by atoms with E-state index < -0.39 is 10.0 Å². The summed E-state index contributed by atoms with van der Waals surface area (Å²) >= 11 is 0. The maximum Gasteiger partial charge on any atom is 0.215 e. The molecule has 0 aromatic rings. The van der Waals surface area contributed by atoms with Crippen molar-refractivity contribution in [1.82, 2.24) is 14.9 Å². The summed E-state index contributed by atoms with van der Waals surface area (Å²) in [5, 5.41) is 6.06. The third kappa shape index (κ3) is 4.83. The molecule has 0 bridgehead atoms. The van der Waals surface area contributed by atoms with Crippen molar-refractivity contribution in [3.63, 3.8) is 0 Å². The van der Waals surface area contributed by atoms with Crippen molar-refractivity contribution in [2.24, 2.45) is 4.99 Å².